The third-order valence-electron chi connectivity index (χ3n) is 2.43. The number of sulfonamides is 1. The van der Waals surface area contributed by atoms with Gasteiger partial charge in [-0.05, 0) is 23.6 Å². The molecule has 0 radical (unpaired) electrons. The number of ether oxygens (including phenoxy) is 1. The number of rotatable bonds is 5. The van der Waals surface area contributed by atoms with Gasteiger partial charge in [-0.15, -0.1) is 11.3 Å². The maximum atomic E-state index is 13.2. The van der Waals surface area contributed by atoms with Gasteiger partial charge >= 0.3 is 0 Å². The van der Waals surface area contributed by atoms with E-state index in [-0.39, 0.29) is 23.1 Å². The van der Waals surface area contributed by atoms with E-state index in [0.717, 1.165) is 23.5 Å². The minimum Gasteiger partial charge on any atom is -0.478 e. The summed E-state index contributed by atoms with van der Waals surface area (Å²) >= 11 is 1.10. The van der Waals surface area contributed by atoms with Gasteiger partial charge in [-0.2, -0.15) is 4.72 Å². The summed E-state index contributed by atoms with van der Waals surface area (Å²) in [5.74, 6) is 3.45. The second-order valence-corrected chi connectivity index (χ2v) is 6.92. The average molecular weight is 343 g/mol. The molecule has 0 spiro atoms. The van der Waals surface area contributed by atoms with Crippen LogP contribution >= 0.6 is 11.3 Å². The van der Waals surface area contributed by atoms with Crippen molar-refractivity contribution in [3.8, 4) is 17.6 Å². The molecule has 0 fully saturated rings. The van der Waals surface area contributed by atoms with Crippen LogP contribution in [0.2, 0.25) is 0 Å². The molecule has 22 heavy (non-hydrogen) atoms. The predicted octanol–water partition coefficient (Wildman–Crippen LogP) is 2.39. The predicted molar refractivity (Wildman–Crippen MR) is 79.1 cm³/mol. The highest BCUT2D eigenvalue weighted by molar-refractivity contribution is 7.91. The monoisotopic (exact) mass is 343 g/mol. The third-order valence-corrected chi connectivity index (χ3v) is 5.23. The van der Waals surface area contributed by atoms with Crippen LogP contribution in [-0.4, -0.2) is 21.6 Å². The van der Waals surface area contributed by atoms with Crippen molar-refractivity contribution in [1.29, 1.82) is 0 Å². The Hall–Kier alpha value is -1.95. The summed E-state index contributed by atoms with van der Waals surface area (Å²) in [5, 5.41) is 1.66. The molecule has 0 aliphatic heterocycles. The highest BCUT2D eigenvalue weighted by atomic mass is 32.2. The number of thiophene rings is 1. The maximum absolute atomic E-state index is 13.2. The van der Waals surface area contributed by atoms with Gasteiger partial charge in [-0.25, -0.2) is 17.2 Å². The molecule has 116 valence electrons. The topological polar surface area (TPSA) is 55.4 Å². The highest BCUT2D eigenvalue weighted by Crippen LogP contribution is 2.17. The van der Waals surface area contributed by atoms with Crippen molar-refractivity contribution in [2.45, 2.75) is 4.21 Å². The Labute approximate surface area is 130 Å². The molecule has 1 aromatic heterocycles. The average Bonchev–Trinajstić information content (AvgIpc) is 2.99. The molecule has 0 aliphatic carbocycles. The molecule has 8 heteroatoms. The van der Waals surface area contributed by atoms with E-state index in [1.807, 2.05) is 0 Å². The minimum atomic E-state index is -3.54. The standard InChI is InChI=1S/C14H11F2NO3S2/c15-11-5-6-13(12(16)10-11)20-8-2-1-7-17-22(18,19)14-4-3-9-21-14/h3-6,9-10,17H,7-8H2. The summed E-state index contributed by atoms with van der Waals surface area (Å²) in [7, 11) is -3.54. The Kier molecular flexibility index (Phi) is 5.49. The van der Waals surface area contributed by atoms with E-state index in [0.29, 0.717) is 6.07 Å². The normalized spacial score (nSPS) is 10.8. The Morgan fingerprint density at radius 1 is 1.23 bits per heavy atom. The van der Waals surface area contributed by atoms with Gasteiger partial charge in [0, 0.05) is 6.07 Å². The summed E-state index contributed by atoms with van der Waals surface area (Å²) in [6.45, 7) is -0.223. The molecule has 2 aromatic rings. The van der Waals surface area contributed by atoms with E-state index in [4.69, 9.17) is 4.74 Å². The van der Waals surface area contributed by atoms with E-state index >= 15 is 0 Å². The second kappa shape index (κ2) is 7.35. The van der Waals surface area contributed by atoms with Gasteiger partial charge in [0.15, 0.2) is 11.6 Å². The van der Waals surface area contributed by atoms with E-state index in [1.165, 1.54) is 6.07 Å². The van der Waals surface area contributed by atoms with E-state index in [2.05, 4.69) is 16.6 Å². The van der Waals surface area contributed by atoms with Crippen molar-refractivity contribution in [3.05, 3.63) is 47.3 Å². The molecule has 2 rings (SSSR count). The lowest BCUT2D eigenvalue weighted by atomic mass is 10.3. The van der Waals surface area contributed by atoms with Crippen molar-refractivity contribution in [1.82, 2.24) is 4.72 Å². The summed E-state index contributed by atoms with van der Waals surface area (Å²) in [4.78, 5) is 0. The number of halogens is 2. The fourth-order valence-electron chi connectivity index (χ4n) is 1.44. The Morgan fingerprint density at radius 3 is 2.73 bits per heavy atom. The molecule has 0 unspecified atom stereocenters. The number of benzene rings is 1. The molecule has 1 heterocycles. The van der Waals surface area contributed by atoms with Crippen LogP contribution in [0.4, 0.5) is 8.78 Å². The zero-order valence-electron chi connectivity index (χ0n) is 11.2. The molecule has 0 amide bonds. The van der Waals surface area contributed by atoms with E-state index in [9.17, 15) is 17.2 Å². The fraction of sp³-hybridized carbons (Fsp3) is 0.143. The number of hydrogen-bond acceptors (Lipinski definition) is 4. The zero-order valence-corrected chi connectivity index (χ0v) is 12.8. The lowest BCUT2D eigenvalue weighted by Gasteiger charge is -2.03. The molecule has 0 saturated carbocycles. The van der Waals surface area contributed by atoms with Crippen LogP contribution in [0, 0.1) is 23.5 Å². The van der Waals surface area contributed by atoms with Crippen LogP contribution in [-0.2, 0) is 10.0 Å². The van der Waals surface area contributed by atoms with Crippen LogP contribution in [0.15, 0.2) is 39.9 Å². The minimum absolute atomic E-state index is 0.0878. The first-order chi connectivity index (χ1) is 10.5. The lowest BCUT2D eigenvalue weighted by Crippen LogP contribution is -2.23. The molecule has 0 saturated heterocycles. The maximum Gasteiger partial charge on any atom is 0.250 e. The van der Waals surface area contributed by atoms with Crippen LogP contribution in [0.5, 0.6) is 5.75 Å². The summed E-state index contributed by atoms with van der Waals surface area (Å²) in [6, 6.07) is 6.06. The molecule has 0 bridgehead atoms. The summed E-state index contributed by atoms with van der Waals surface area (Å²) in [5.41, 5.74) is 0. The van der Waals surface area contributed by atoms with Gasteiger partial charge in [0.25, 0.3) is 10.0 Å². The van der Waals surface area contributed by atoms with Gasteiger partial charge in [0.2, 0.25) is 0 Å². The fourth-order valence-corrected chi connectivity index (χ4v) is 3.40. The van der Waals surface area contributed by atoms with Crippen LogP contribution in [0.3, 0.4) is 0 Å². The van der Waals surface area contributed by atoms with Crippen molar-refractivity contribution < 1.29 is 21.9 Å². The molecular formula is C14H11F2NO3S2. The van der Waals surface area contributed by atoms with Gasteiger partial charge in [0.1, 0.15) is 16.6 Å². The summed E-state index contributed by atoms with van der Waals surface area (Å²) < 4.78 is 56.9. The third kappa shape index (κ3) is 4.53. The van der Waals surface area contributed by atoms with Crippen molar-refractivity contribution in [2.24, 2.45) is 0 Å². The highest BCUT2D eigenvalue weighted by Gasteiger charge is 2.12. The van der Waals surface area contributed by atoms with Crippen LogP contribution in [0.25, 0.3) is 0 Å². The first kappa shape index (κ1) is 16.4. The van der Waals surface area contributed by atoms with Gasteiger partial charge in [-0.1, -0.05) is 17.9 Å². The van der Waals surface area contributed by atoms with Crippen molar-refractivity contribution in [3.63, 3.8) is 0 Å². The lowest BCUT2D eigenvalue weighted by molar-refractivity contribution is 0.346. The SMILES string of the molecule is O=S(=O)(NCC#CCOc1ccc(F)cc1F)c1cccs1. The Bertz CT molecular complexity index is 793. The molecule has 4 nitrogen and oxygen atoms in total. The Balaban J connectivity index is 1.80. The quantitative estimate of drug-likeness (QED) is 0.848. The summed E-state index contributed by atoms with van der Waals surface area (Å²) in [6.07, 6.45) is 0. The molecule has 1 aromatic carbocycles. The van der Waals surface area contributed by atoms with E-state index in [1.54, 1.807) is 11.4 Å². The van der Waals surface area contributed by atoms with Gasteiger partial charge < -0.3 is 4.74 Å². The van der Waals surface area contributed by atoms with E-state index < -0.39 is 21.7 Å². The van der Waals surface area contributed by atoms with Crippen LogP contribution < -0.4 is 9.46 Å². The van der Waals surface area contributed by atoms with Gasteiger partial charge in [-0.3, -0.25) is 0 Å². The smallest absolute Gasteiger partial charge is 0.250 e. The van der Waals surface area contributed by atoms with Crippen LogP contribution in [0.1, 0.15) is 0 Å². The zero-order chi connectivity index (χ0) is 16.0. The second-order valence-electron chi connectivity index (χ2n) is 3.97. The largest absolute Gasteiger partial charge is 0.478 e. The van der Waals surface area contributed by atoms with Gasteiger partial charge in [0.05, 0.1) is 6.54 Å². The first-order valence-corrected chi connectivity index (χ1v) is 8.42. The Morgan fingerprint density at radius 2 is 2.05 bits per heavy atom. The number of nitrogens with one attached hydrogen (secondary N) is 1. The molecular weight excluding hydrogens is 332 g/mol. The molecule has 0 atom stereocenters. The molecule has 0 aliphatic rings. The first-order valence-electron chi connectivity index (χ1n) is 6.06. The molecule has 1 N–H and O–H groups in total. The van der Waals surface area contributed by atoms with Crippen molar-refractivity contribution in [2.75, 3.05) is 13.2 Å². The number of hydrogen-bond donors (Lipinski definition) is 1. The van der Waals surface area contributed by atoms with Crippen molar-refractivity contribution >= 4 is 21.4 Å².